The predicted octanol–water partition coefficient (Wildman–Crippen LogP) is 7.49. The number of nitrogens with one attached hydrogen (secondary N) is 1. The first-order valence-corrected chi connectivity index (χ1v) is 13.5. The summed E-state index contributed by atoms with van der Waals surface area (Å²) in [5, 5.41) is 11.3. The largest absolute Gasteiger partial charge is 0.573 e. The molecule has 0 bridgehead atoms. The van der Waals surface area contributed by atoms with Gasteiger partial charge in [-0.2, -0.15) is 0 Å². The number of carboxylic acids is 1. The van der Waals surface area contributed by atoms with Gasteiger partial charge >= 0.3 is 12.3 Å². The van der Waals surface area contributed by atoms with Crippen LogP contribution in [0.1, 0.15) is 36.2 Å². The van der Waals surface area contributed by atoms with E-state index < -0.39 is 12.3 Å². The molecule has 4 rings (SSSR count). The second kappa shape index (κ2) is 13.8. The van der Waals surface area contributed by atoms with E-state index in [-0.39, 0.29) is 37.3 Å². The Balaban J connectivity index is 1.55. The lowest BCUT2D eigenvalue weighted by Gasteiger charge is -2.14. The van der Waals surface area contributed by atoms with E-state index in [9.17, 15) is 22.8 Å². The highest BCUT2D eigenvalue weighted by Gasteiger charge is 2.31. The van der Waals surface area contributed by atoms with Gasteiger partial charge < -0.3 is 24.6 Å². The molecular formula is C33H30F3NO6. The minimum Gasteiger partial charge on any atom is -0.491 e. The summed E-state index contributed by atoms with van der Waals surface area (Å²) in [7, 11) is 0. The van der Waals surface area contributed by atoms with Gasteiger partial charge in [0, 0.05) is 12.1 Å². The molecular weight excluding hydrogens is 563 g/mol. The van der Waals surface area contributed by atoms with E-state index in [1.54, 1.807) is 36.4 Å². The number of hydrogen-bond donors (Lipinski definition) is 2. The first-order valence-electron chi connectivity index (χ1n) is 13.5. The number of carboxylic acid groups (broad SMARTS) is 1. The number of aliphatic carboxylic acids is 1. The first-order chi connectivity index (χ1) is 20.4. The van der Waals surface area contributed by atoms with Crippen molar-refractivity contribution in [3.05, 3.63) is 102 Å². The van der Waals surface area contributed by atoms with Gasteiger partial charge in [0.15, 0.2) is 0 Å². The Kier molecular flexibility index (Phi) is 9.92. The average Bonchev–Trinajstić information content (AvgIpc) is 2.95. The number of rotatable bonds is 12. The molecule has 224 valence electrons. The van der Waals surface area contributed by atoms with Crippen molar-refractivity contribution in [2.24, 2.45) is 0 Å². The van der Waals surface area contributed by atoms with Crippen molar-refractivity contribution < 1.29 is 42.1 Å². The van der Waals surface area contributed by atoms with Gasteiger partial charge in [0.2, 0.25) is 0 Å². The summed E-state index contributed by atoms with van der Waals surface area (Å²) in [6.45, 7) is 4.09. The summed E-state index contributed by atoms with van der Waals surface area (Å²) in [6.07, 6.45) is -4.92. The number of halogens is 3. The third-order valence-electron chi connectivity index (χ3n) is 6.12. The second-order valence-corrected chi connectivity index (χ2v) is 9.89. The quantitative estimate of drug-likeness (QED) is 0.177. The van der Waals surface area contributed by atoms with Gasteiger partial charge in [-0.15, -0.1) is 13.2 Å². The Bertz CT molecular complexity index is 1530. The Labute approximate surface area is 246 Å². The van der Waals surface area contributed by atoms with Gasteiger partial charge in [-0.05, 0) is 108 Å². The van der Waals surface area contributed by atoms with E-state index in [2.05, 4.69) is 10.1 Å². The van der Waals surface area contributed by atoms with E-state index in [0.717, 1.165) is 28.0 Å². The number of carbonyl (C=O) groups is 2. The molecule has 0 unspecified atom stereocenters. The molecule has 0 fully saturated rings. The highest BCUT2D eigenvalue weighted by atomic mass is 19.4. The van der Waals surface area contributed by atoms with Crippen molar-refractivity contribution in [2.75, 3.05) is 6.54 Å². The molecule has 0 aliphatic rings. The summed E-state index contributed by atoms with van der Waals surface area (Å²) in [5.74, 6) is -0.450. The maximum absolute atomic E-state index is 12.6. The van der Waals surface area contributed by atoms with Crippen LogP contribution in [-0.2, 0) is 11.4 Å². The zero-order valence-electron chi connectivity index (χ0n) is 23.5. The van der Waals surface area contributed by atoms with Crippen LogP contribution >= 0.6 is 0 Å². The van der Waals surface area contributed by atoms with Crippen molar-refractivity contribution in [1.82, 2.24) is 5.32 Å². The molecule has 0 saturated heterocycles. The number of hydrogen-bond acceptors (Lipinski definition) is 5. The summed E-state index contributed by atoms with van der Waals surface area (Å²) >= 11 is 0. The van der Waals surface area contributed by atoms with Crippen LogP contribution in [0.15, 0.2) is 91.0 Å². The SMILES string of the molecule is CC(C)Oc1ccc(-c2cc(COc3ccc(C(=O)NCCC(=O)O)cc3)cc(-c3ccc(OC(F)(F)F)cc3)c2)cc1. The van der Waals surface area contributed by atoms with Gasteiger partial charge in [0.05, 0.1) is 12.5 Å². The fourth-order valence-corrected chi connectivity index (χ4v) is 4.21. The topological polar surface area (TPSA) is 94.1 Å². The molecule has 0 aliphatic heterocycles. The van der Waals surface area contributed by atoms with Gasteiger partial charge in [0.25, 0.3) is 5.91 Å². The Hall–Kier alpha value is -4.99. The molecule has 0 saturated carbocycles. The summed E-state index contributed by atoms with van der Waals surface area (Å²) in [4.78, 5) is 22.9. The predicted molar refractivity (Wildman–Crippen MR) is 155 cm³/mol. The van der Waals surface area contributed by atoms with Crippen LogP contribution in [0.25, 0.3) is 22.3 Å². The first kappa shape index (κ1) is 31.0. The molecule has 2 N–H and O–H groups in total. The van der Waals surface area contributed by atoms with Crippen molar-refractivity contribution in [1.29, 1.82) is 0 Å². The minimum absolute atomic E-state index is 0.0245. The van der Waals surface area contributed by atoms with Crippen LogP contribution in [0.5, 0.6) is 17.2 Å². The number of ether oxygens (including phenoxy) is 3. The lowest BCUT2D eigenvalue weighted by atomic mass is 9.96. The summed E-state index contributed by atoms with van der Waals surface area (Å²) in [6, 6.07) is 25.5. The van der Waals surface area contributed by atoms with Crippen LogP contribution in [0.3, 0.4) is 0 Å². The van der Waals surface area contributed by atoms with Crippen molar-refractivity contribution in [3.63, 3.8) is 0 Å². The average molecular weight is 594 g/mol. The molecule has 43 heavy (non-hydrogen) atoms. The molecule has 0 heterocycles. The van der Waals surface area contributed by atoms with Gasteiger partial charge in [-0.1, -0.05) is 24.3 Å². The Morgan fingerprint density at radius 2 is 1.30 bits per heavy atom. The summed E-state index contributed by atoms with van der Waals surface area (Å²) in [5.41, 5.74) is 4.41. The van der Waals surface area contributed by atoms with E-state index in [1.807, 2.05) is 56.3 Å². The van der Waals surface area contributed by atoms with Crippen LogP contribution in [-0.4, -0.2) is 36.0 Å². The van der Waals surface area contributed by atoms with Crippen LogP contribution in [0.4, 0.5) is 13.2 Å². The van der Waals surface area contributed by atoms with Crippen LogP contribution < -0.4 is 19.5 Å². The molecule has 0 atom stereocenters. The Morgan fingerprint density at radius 1 is 0.767 bits per heavy atom. The number of alkyl halides is 3. The third-order valence-corrected chi connectivity index (χ3v) is 6.12. The normalized spacial score (nSPS) is 11.2. The lowest BCUT2D eigenvalue weighted by Crippen LogP contribution is -2.25. The standard InChI is InChI=1S/C33H30F3NO6/c1-21(2)42-29-11-3-23(4-12-29)26-17-22(18-27(19-26)24-5-13-30(14-6-24)43-33(34,35)36)20-41-28-9-7-25(8-10-28)32(40)37-16-15-31(38)39/h3-14,17-19,21H,15-16,20H2,1-2H3,(H,37,40)(H,38,39). The number of carbonyl (C=O) groups excluding carboxylic acids is 1. The van der Waals surface area contributed by atoms with Gasteiger partial charge in [-0.25, -0.2) is 0 Å². The maximum Gasteiger partial charge on any atom is 0.573 e. The number of benzene rings is 4. The molecule has 0 spiro atoms. The zero-order chi connectivity index (χ0) is 31.0. The van der Waals surface area contributed by atoms with Crippen LogP contribution in [0.2, 0.25) is 0 Å². The molecule has 4 aromatic rings. The lowest BCUT2D eigenvalue weighted by molar-refractivity contribution is -0.274. The minimum atomic E-state index is -4.78. The van der Waals surface area contributed by atoms with Gasteiger partial charge in [-0.3, -0.25) is 9.59 Å². The molecule has 4 aromatic carbocycles. The smallest absolute Gasteiger partial charge is 0.491 e. The van der Waals surface area contributed by atoms with Crippen molar-refractivity contribution >= 4 is 11.9 Å². The van der Waals surface area contributed by atoms with E-state index in [1.165, 1.54) is 12.1 Å². The highest BCUT2D eigenvalue weighted by Crippen LogP contribution is 2.32. The van der Waals surface area contributed by atoms with E-state index >= 15 is 0 Å². The molecule has 7 nitrogen and oxygen atoms in total. The van der Waals surface area contributed by atoms with E-state index in [4.69, 9.17) is 14.6 Å². The molecule has 1 amide bonds. The molecule has 10 heteroatoms. The molecule has 0 aliphatic carbocycles. The van der Waals surface area contributed by atoms with Crippen LogP contribution in [0, 0.1) is 0 Å². The summed E-state index contributed by atoms with van der Waals surface area (Å²) < 4.78 is 53.6. The van der Waals surface area contributed by atoms with E-state index in [0.29, 0.717) is 16.9 Å². The Morgan fingerprint density at radius 3 is 1.81 bits per heavy atom. The number of amides is 1. The zero-order valence-corrected chi connectivity index (χ0v) is 23.5. The monoisotopic (exact) mass is 593 g/mol. The third kappa shape index (κ3) is 9.53. The fraction of sp³-hybridized carbons (Fsp3) is 0.212. The molecule has 0 radical (unpaired) electrons. The van der Waals surface area contributed by atoms with Gasteiger partial charge in [0.1, 0.15) is 23.9 Å². The highest BCUT2D eigenvalue weighted by molar-refractivity contribution is 5.94. The van der Waals surface area contributed by atoms with Crippen molar-refractivity contribution in [2.45, 2.75) is 39.3 Å². The van der Waals surface area contributed by atoms with Crippen molar-refractivity contribution in [3.8, 4) is 39.5 Å². The maximum atomic E-state index is 12.6. The molecule has 0 aromatic heterocycles. The second-order valence-electron chi connectivity index (χ2n) is 9.89. The fourth-order valence-electron chi connectivity index (χ4n) is 4.21.